The lowest BCUT2D eigenvalue weighted by molar-refractivity contribution is -0.322. The zero-order chi connectivity index (χ0) is 16.6. The van der Waals surface area contributed by atoms with Gasteiger partial charge in [-0.1, -0.05) is 0 Å². The van der Waals surface area contributed by atoms with Crippen molar-refractivity contribution in [2.24, 2.45) is 0 Å². The molecule has 2 aliphatic heterocycles. The molecule has 22 heavy (non-hydrogen) atoms. The maximum absolute atomic E-state index is 9.76. The molecule has 2 saturated heterocycles. The first-order chi connectivity index (χ1) is 10.2. The van der Waals surface area contributed by atoms with E-state index in [9.17, 15) is 35.7 Å². The molecule has 10 heteroatoms. The zero-order valence-electron chi connectivity index (χ0n) is 11.8. The molecular weight excluding hydrogens is 304 g/mol. The Labute approximate surface area is 126 Å². The highest BCUT2D eigenvalue weighted by Crippen LogP contribution is 2.24. The highest BCUT2D eigenvalue weighted by Gasteiger charge is 2.45. The van der Waals surface area contributed by atoms with Gasteiger partial charge in [0, 0.05) is 0 Å². The van der Waals surface area contributed by atoms with Crippen molar-refractivity contribution in [3.05, 3.63) is 0 Å². The molecular formula is C12H22O10. The van der Waals surface area contributed by atoms with Crippen LogP contribution in [-0.2, 0) is 14.2 Å². The minimum atomic E-state index is -1.70. The van der Waals surface area contributed by atoms with Crippen LogP contribution in [0.3, 0.4) is 0 Å². The maximum Gasteiger partial charge on any atom is 0.186 e. The number of aliphatic hydroxyl groups is 7. The molecule has 0 saturated carbocycles. The molecule has 0 aliphatic carbocycles. The van der Waals surface area contributed by atoms with Gasteiger partial charge in [-0.15, -0.1) is 0 Å². The van der Waals surface area contributed by atoms with Crippen LogP contribution >= 0.6 is 0 Å². The Morgan fingerprint density at radius 3 is 1.95 bits per heavy atom. The second-order valence-electron chi connectivity index (χ2n) is 5.55. The summed E-state index contributed by atoms with van der Waals surface area (Å²) in [5.41, 5.74) is 0. The molecule has 130 valence electrons. The van der Waals surface area contributed by atoms with Gasteiger partial charge in [0.05, 0.1) is 12.7 Å². The van der Waals surface area contributed by atoms with Crippen LogP contribution in [0.25, 0.3) is 0 Å². The maximum atomic E-state index is 9.76. The fourth-order valence-corrected chi connectivity index (χ4v) is 2.41. The molecule has 0 amide bonds. The summed E-state index contributed by atoms with van der Waals surface area (Å²) in [5.74, 6) is 0. The van der Waals surface area contributed by atoms with Crippen molar-refractivity contribution in [2.75, 3.05) is 6.61 Å². The zero-order valence-corrected chi connectivity index (χ0v) is 11.8. The van der Waals surface area contributed by atoms with Crippen LogP contribution < -0.4 is 0 Å². The summed E-state index contributed by atoms with van der Waals surface area (Å²) in [4.78, 5) is 0. The van der Waals surface area contributed by atoms with E-state index >= 15 is 0 Å². The van der Waals surface area contributed by atoms with E-state index in [0.29, 0.717) is 0 Å². The van der Waals surface area contributed by atoms with Gasteiger partial charge in [0.1, 0.15) is 42.7 Å². The second-order valence-corrected chi connectivity index (χ2v) is 5.55. The van der Waals surface area contributed by atoms with E-state index in [1.807, 2.05) is 0 Å². The van der Waals surface area contributed by atoms with Gasteiger partial charge in [-0.25, -0.2) is 0 Å². The number of hydrogen-bond acceptors (Lipinski definition) is 10. The minimum Gasteiger partial charge on any atom is -0.388 e. The Morgan fingerprint density at radius 1 is 0.727 bits per heavy atom. The Hall–Kier alpha value is -0.400. The van der Waals surface area contributed by atoms with E-state index < -0.39 is 61.4 Å². The van der Waals surface area contributed by atoms with Crippen molar-refractivity contribution in [2.45, 2.75) is 68.3 Å². The van der Waals surface area contributed by atoms with Crippen LogP contribution in [0.1, 0.15) is 6.92 Å². The van der Waals surface area contributed by atoms with Gasteiger partial charge < -0.3 is 50.0 Å². The van der Waals surface area contributed by atoms with Gasteiger partial charge in [-0.3, -0.25) is 0 Å². The molecule has 10 nitrogen and oxygen atoms in total. The molecule has 2 fully saturated rings. The fourth-order valence-electron chi connectivity index (χ4n) is 2.41. The third kappa shape index (κ3) is 3.41. The first-order valence-electron chi connectivity index (χ1n) is 6.93. The van der Waals surface area contributed by atoms with Crippen molar-refractivity contribution in [1.29, 1.82) is 0 Å². The highest BCUT2D eigenvalue weighted by molar-refractivity contribution is 4.90. The average molecular weight is 326 g/mol. The molecule has 2 aliphatic rings. The summed E-state index contributed by atoms with van der Waals surface area (Å²) in [5, 5.41) is 67.0. The Morgan fingerprint density at radius 2 is 1.32 bits per heavy atom. The van der Waals surface area contributed by atoms with E-state index in [2.05, 4.69) is 0 Å². The Bertz CT molecular complexity index is 334. The fraction of sp³-hybridized carbons (Fsp3) is 1.00. The molecule has 10 atom stereocenters. The molecule has 0 aromatic rings. The number of ether oxygens (including phenoxy) is 3. The molecule has 2 heterocycles. The second kappa shape index (κ2) is 7.01. The van der Waals surface area contributed by atoms with Crippen LogP contribution in [0.15, 0.2) is 0 Å². The van der Waals surface area contributed by atoms with Gasteiger partial charge in [0.2, 0.25) is 0 Å². The van der Waals surface area contributed by atoms with Crippen molar-refractivity contribution < 1.29 is 50.0 Å². The number of hydrogen-bond donors (Lipinski definition) is 7. The molecule has 0 aromatic carbocycles. The van der Waals surface area contributed by atoms with Gasteiger partial charge >= 0.3 is 0 Å². The lowest BCUT2D eigenvalue weighted by Gasteiger charge is -2.41. The topological polar surface area (TPSA) is 169 Å². The molecule has 0 spiro atoms. The Kier molecular flexibility index (Phi) is 5.72. The summed E-state index contributed by atoms with van der Waals surface area (Å²) < 4.78 is 15.3. The lowest BCUT2D eigenvalue weighted by atomic mass is 9.99. The quantitative estimate of drug-likeness (QED) is 0.269. The lowest BCUT2D eigenvalue weighted by Crippen LogP contribution is -2.60. The van der Waals surface area contributed by atoms with Gasteiger partial charge in [0.25, 0.3) is 0 Å². The summed E-state index contributed by atoms with van der Waals surface area (Å²) in [6.07, 6.45) is -14.0. The van der Waals surface area contributed by atoms with Crippen LogP contribution in [-0.4, -0.2) is 104 Å². The molecule has 2 rings (SSSR count). The van der Waals surface area contributed by atoms with Crippen LogP contribution in [0.2, 0.25) is 0 Å². The average Bonchev–Trinajstić information content (AvgIpc) is 2.49. The van der Waals surface area contributed by atoms with Gasteiger partial charge in [0.15, 0.2) is 12.6 Å². The first-order valence-corrected chi connectivity index (χ1v) is 6.93. The summed E-state index contributed by atoms with van der Waals surface area (Å²) in [7, 11) is 0. The van der Waals surface area contributed by atoms with Crippen molar-refractivity contribution in [3.63, 3.8) is 0 Å². The number of aliphatic hydroxyl groups excluding tert-OH is 7. The summed E-state index contributed by atoms with van der Waals surface area (Å²) in [6, 6.07) is 0. The van der Waals surface area contributed by atoms with Crippen LogP contribution in [0.5, 0.6) is 0 Å². The minimum absolute atomic E-state index is 0.390. The van der Waals surface area contributed by atoms with E-state index in [0.717, 1.165) is 0 Å². The normalized spacial score (nSPS) is 53.5. The van der Waals surface area contributed by atoms with E-state index in [1.54, 1.807) is 0 Å². The Balaban J connectivity index is 1.92. The van der Waals surface area contributed by atoms with Crippen molar-refractivity contribution >= 4 is 0 Å². The first kappa shape index (κ1) is 17.9. The molecule has 0 bridgehead atoms. The predicted molar refractivity (Wildman–Crippen MR) is 67.2 cm³/mol. The van der Waals surface area contributed by atoms with Crippen LogP contribution in [0.4, 0.5) is 0 Å². The largest absolute Gasteiger partial charge is 0.388 e. The third-order valence-electron chi connectivity index (χ3n) is 3.92. The van der Waals surface area contributed by atoms with Crippen molar-refractivity contribution in [3.8, 4) is 0 Å². The SMILES string of the molecule is C[C@@H]1O[C@@H](OC[C@H]2OC(O)[C@H](O)[C@@H](O)[C@@H]2O)[C@@H](O)[C@@H](O)[C@@H]1O. The van der Waals surface area contributed by atoms with Gasteiger partial charge in [-0.05, 0) is 6.92 Å². The van der Waals surface area contributed by atoms with Gasteiger partial charge in [-0.2, -0.15) is 0 Å². The van der Waals surface area contributed by atoms with E-state index in [1.165, 1.54) is 6.92 Å². The molecule has 0 aromatic heterocycles. The molecule has 0 radical (unpaired) electrons. The molecule has 1 unspecified atom stereocenters. The monoisotopic (exact) mass is 326 g/mol. The summed E-state index contributed by atoms with van der Waals surface area (Å²) >= 11 is 0. The smallest absolute Gasteiger partial charge is 0.186 e. The highest BCUT2D eigenvalue weighted by atomic mass is 16.7. The predicted octanol–water partition coefficient (Wildman–Crippen LogP) is -4.37. The summed E-state index contributed by atoms with van der Waals surface area (Å²) in [6.45, 7) is 1.09. The molecule has 7 N–H and O–H groups in total. The standard InChI is InChI=1S/C12H22O10/c1-3-5(13)7(15)10(18)12(21-3)20-2-4-6(14)8(16)9(17)11(19)22-4/h3-19H,2H2,1H3/t3-,4+,5+,6+,7-,8-,9+,10-,11?,12+/m0/s1. The van der Waals surface area contributed by atoms with E-state index in [4.69, 9.17) is 14.2 Å². The third-order valence-corrected chi connectivity index (χ3v) is 3.92. The van der Waals surface area contributed by atoms with E-state index in [-0.39, 0.29) is 6.61 Å². The van der Waals surface area contributed by atoms with Crippen molar-refractivity contribution in [1.82, 2.24) is 0 Å². The van der Waals surface area contributed by atoms with Crippen LogP contribution in [0, 0.1) is 0 Å². The number of rotatable bonds is 3.